The number of rotatable bonds is 3. The number of nitrogens with zero attached hydrogens (tertiary/aromatic N) is 1. The number of phenols is 1. The molecular weight excluding hydrogens is 419 g/mol. The van der Waals surface area contributed by atoms with Crippen molar-refractivity contribution in [2.24, 2.45) is 5.10 Å². The summed E-state index contributed by atoms with van der Waals surface area (Å²) < 4.78 is 6.10. The minimum atomic E-state index is -0.529. The van der Waals surface area contributed by atoms with E-state index in [1.807, 2.05) is 0 Å². The Bertz CT molecular complexity index is 969. The van der Waals surface area contributed by atoms with E-state index in [1.165, 1.54) is 6.21 Å². The van der Waals surface area contributed by atoms with Crippen LogP contribution in [0.15, 0.2) is 50.4 Å². The van der Waals surface area contributed by atoms with Crippen LogP contribution in [0, 0.1) is 0 Å². The quantitative estimate of drug-likeness (QED) is 0.457. The van der Waals surface area contributed by atoms with Gasteiger partial charge in [-0.3, -0.25) is 4.79 Å². The van der Waals surface area contributed by atoms with Crippen LogP contribution in [0.1, 0.15) is 16.1 Å². The van der Waals surface area contributed by atoms with Gasteiger partial charge in [-0.25, -0.2) is 5.43 Å². The Morgan fingerprint density at radius 3 is 2.83 bits per heavy atom. The molecule has 2 N–H and O–H groups in total. The average Bonchev–Trinajstić information content (AvgIpc) is 2.95. The molecule has 3 aromatic rings. The molecule has 2 aromatic carbocycles. The van der Waals surface area contributed by atoms with Crippen LogP contribution in [0.25, 0.3) is 11.0 Å². The van der Waals surface area contributed by atoms with Crippen molar-refractivity contribution in [2.45, 2.75) is 0 Å². The fraction of sp³-hybridized carbons (Fsp3) is 0. The van der Waals surface area contributed by atoms with Crippen molar-refractivity contribution in [2.75, 3.05) is 0 Å². The fourth-order valence-corrected chi connectivity index (χ4v) is 3.04. The largest absolute Gasteiger partial charge is 0.506 e. The number of halogens is 3. The summed E-state index contributed by atoms with van der Waals surface area (Å²) in [6, 6.07) is 9.78. The molecule has 1 heterocycles. The molecule has 0 aliphatic rings. The summed E-state index contributed by atoms with van der Waals surface area (Å²) in [5.74, 6) is -0.559. The van der Waals surface area contributed by atoms with Gasteiger partial charge in [-0.1, -0.05) is 39.1 Å². The minimum absolute atomic E-state index is 0.0981. The smallest absolute Gasteiger partial charge is 0.307 e. The number of furan rings is 1. The Morgan fingerprint density at radius 2 is 2.04 bits per heavy atom. The maximum atomic E-state index is 12.1. The van der Waals surface area contributed by atoms with Gasteiger partial charge in [-0.05, 0) is 36.4 Å². The highest BCUT2D eigenvalue weighted by molar-refractivity contribution is 9.10. The predicted octanol–water partition coefficient (Wildman–Crippen LogP) is 4.97. The number of carbonyl (C=O) groups is 1. The Hall–Kier alpha value is -2.02. The zero-order chi connectivity index (χ0) is 17.3. The SMILES string of the molecule is O=C(N/N=C\c1cc(Br)cc(Cl)c1O)c1cc2cc(Cl)ccc2o1. The van der Waals surface area contributed by atoms with Crippen molar-refractivity contribution in [1.29, 1.82) is 0 Å². The van der Waals surface area contributed by atoms with E-state index in [0.717, 1.165) is 0 Å². The molecule has 0 bridgehead atoms. The Labute approximate surface area is 155 Å². The van der Waals surface area contributed by atoms with Gasteiger partial charge in [0, 0.05) is 20.4 Å². The monoisotopic (exact) mass is 426 g/mol. The first kappa shape index (κ1) is 16.8. The van der Waals surface area contributed by atoms with E-state index in [1.54, 1.807) is 36.4 Å². The van der Waals surface area contributed by atoms with Crippen molar-refractivity contribution in [1.82, 2.24) is 5.43 Å². The highest BCUT2D eigenvalue weighted by atomic mass is 79.9. The van der Waals surface area contributed by atoms with Gasteiger partial charge in [0.2, 0.25) is 0 Å². The van der Waals surface area contributed by atoms with E-state index in [4.69, 9.17) is 27.6 Å². The van der Waals surface area contributed by atoms with Gasteiger partial charge in [0.05, 0.1) is 11.2 Å². The molecule has 3 rings (SSSR count). The van der Waals surface area contributed by atoms with E-state index < -0.39 is 5.91 Å². The average molecular weight is 428 g/mol. The number of benzene rings is 2. The summed E-state index contributed by atoms with van der Waals surface area (Å²) >= 11 is 15.0. The minimum Gasteiger partial charge on any atom is -0.506 e. The summed E-state index contributed by atoms with van der Waals surface area (Å²) in [6.45, 7) is 0. The molecule has 0 aliphatic carbocycles. The number of hydrogen-bond acceptors (Lipinski definition) is 4. The van der Waals surface area contributed by atoms with Crippen molar-refractivity contribution in [3.05, 3.63) is 62.2 Å². The van der Waals surface area contributed by atoms with Crippen LogP contribution in [0.4, 0.5) is 0 Å². The third-order valence-electron chi connectivity index (χ3n) is 3.13. The standard InChI is InChI=1S/C16H9BrCl2N2O3/c17-10-3-9(15(22)12(19)6-10)7-20-21-16(23)14-5-8-4-11(18)1-2-13(8)24-14/h1-7,22H,(H,21,23)/b20-7-. The van der Waals surface area contributed by atoms with Crippen molar-refractivity contribution in [3.63, 3.8) is 0 Å². The van der Waals surface area contributed by atoms with Gasteiger partial charge in [-0.15, -0.1) is 0 Å². The fourth-order valence-electron chi connectivity index (χ4n) is 2.03. The van der Waals surface area contributed by atoms with Gasteiger partial charge < -0.3 is 9.52 Å². The van der Waals surface area contributed by atoms with Gasteiger partial charge in [0.25, 0.3) is 0 Å². The molecule has 0 aliphatic heterocycles. The molecule has 1 aromatic heterocycles. The second kappa shape index (κ2) is 6.84. The van der Waals surface area contributed by atoms with Crippen LogP contribution in [-0.4, -0.2) is 17.2 Å². The number of phenolic OH excluding ortho intramolecular Hbond substituents is 1. The Kier molecular flexibility index (Phi) is 4.80. The highest BCUT2D eigenvalue weighted by Crippen LogP contribution is 2.30. The normalized spacial score (nSPS) is 11.3. The summed E-state index contributed by atoms with van der Waals surface area (Å²) in [6.07, 6.45) is 1.28. The molecule has 122 valence electrons. The van der Waals surface area contributed by atoms with Gasteiger partial charge in [0.15, 0.2) is 5.76 Å². The third kappa shape index (κ3) is 3.56. The molecule has 0 saturated carbocycles. The van der Waals surface area contributed by atoms with Crippen LogP contribution in [0.2, 0.25) is 10.0 Å². The lowest BCUT2D eigenvalue weighted by Gasteiger charge is -2.02. The molecule has 0 atom stereocenters. The molecule has 0 spiro atoms. The van der Waals surface area contributed by atoms with Gasteiger partial charge in [-0.2, -0.15) is 5.10 Å². The number of hydrogen-bond donors (Lipinski definition) is 2. The third-order valence-corrected chi connectivity index (χ3v) is 4.11. The molecule has 0 radical (unpaired) electrons. The molecule has 0 fully saturated rings. The first-order valence-electron chi connectivity index (χ1n) is 6.64. The summed E-state index contributed by atoms with van der Waals surface area (Å²) in [4.78, 5) is 12.1. The Morgan fingerprint density at radius 1 is 1.25 bits per heavy atom. The van der Waals surface area contributed by atoms with Gasteiger partial charge in [0.1, 0.15) is 11.3 Å². The molecule has 8 heteroatoms. The zero-order valence-electron chi connectivity index (χ0n) is 11.9. The van der Waals surface area contributed by atoms with Crippen LogP contribution < -0.4 is 5.43 Å². The van der Waals surface area contributed by atoms with Crippen LogP contribution in [0.3, 0.4) is 0 Å². The number of hydrazone groups is 1. The second-order valence-corrected chi connectivity index (χ2v) is 6.58. The number of fused-ring (bicyclic) bond motifs is 1. The molecule has 5 nitrogen and oxygen atoms in total. The molecule has 0 unspecified atom stereocenters. The Balaban J connectivity index is 1.77. The van der Waals surface area contributed by atoms with Crippen molar-refractivity contribution >= 4 is 62.2 Å². The lowest BCUT2D eigenvalue weighted by molar-refractivity contribution is 0.0929. The highest BCUT2D eigenvalue weighted by Gasteiger charge is 2.12. The van der Waals surface area contributed by atoms with E-state index in [2.05, 4.69) is 26.5 Å². The lowest BCUT2D eigenvalue weighted by atomic mass is 10.2. The van der Waals surface area contributed by atoms with E-state index >= 15 is 0 Å². The maximum absolute atomic E-state index is 12.1. The molecule has 1 amide bonds. The van der Waals surface area contributed by atoms with E-state index in [-0.39, 0.29) is 16.5 Å². The van der Waals surface area contributed by atoms with Crippen LogP contribution >= 0.6 is 39.1 Å². The second-order valence-electron chi connectivity index (χ2n) is 4.82. The zero-order valence-corrected chi connectivity index (χ0v) is 15.0. The van der Waals surface area contributed by atoms with E-state index in [0.29, 0.717) is 26.0 Å². The lowest BCUT2D eigenvalue weighted by Crippen LogP contribution is -2.16. The number of amides is 1. The summed E-state index contributed by atoms with van der Waals surface area (Å²) in [5, 5.41) is 15.1. The molecule has 0 saturated heterocycles. The molecule has 24 heavy (non-hydrogen) atoms. The van der Waals surface area contributed by atoms with Crippen LogP contribution in [-0.2, 0) is 0 Å². The number of aromatic hydroxyl groups is 1. The maximum Gasteiger partial charge on any atom is 0.307 e. The first-order valence-corrected chi connectivity index (χ1v) is 8.19. The topological polar surface area (TPSA) is 74.8 Å². The number of nitrogens with one attached hydrogen (secondary N) is 1. The van der Waals surface area contributed by atoms with E-state index in [9.17, 15) is 9.90 Å². The van der Waals surface area contributed by atoms with Gasteiger partial charge >= 0.3 is 5.91 Å². The first-order chi connectivity index (χ1) is 11.4. The van der Waals surface area contributed by atoms with Crippen molar-refractivity contribution in [3.8, 4) is 5.75 Å². The summed E-state index contributed by atoms with van der Waals surface area (Å²) in [5.41, 5.74) is 3.22. The van der Waals surface area contributed by atoms with Crippen LogP contribution in [0.5, 0.6) is 5.75 Å². The summed E-state index contributed by atoms with van der Waals surface area (Å²) in [7, 11) is 0. The molecular formula is C16H9BrCl2N2O3. The number of carbonyl (C=O) groups excluding carboxylic acids is 1. The van der Waals surface area contributed by atoms with Crippen molar-refractivity contribution < 1.29 is 14.3 Å². The predicted molar refractivity (Wildman–Crippen MR) is 97.1 cm³/mol.